The van der Waals surface area contributed by atoms with Crippen LogP contribution < -0.4 is 26.4 Å². The Morgan fingerprint density at radius 2 is 1.82 bits per heavy atom. The van der Waals surface area contributed by atoms with Gasteiger partial charge in [0.2, 0.25) is 5.91 Å². The highest BCUT2D eigenvalue weighted by Gasteiger charge is 2.68. The van der Waals surface area contributed by atoms with E-state index >= 15 is 0 Å². The van der Waals surface area contributed by atoms with Crippen LogP contribution in [-0.2, 0) is 18.9 Å². The maximum Gasteiger partial charge on any atom is 0.481 e. The summed E-state index contributed by atoms with van der Waals surface area (Å²) >= 11 is 0. The predicted octanol–water partition coefficient (Wildman–Crippen LogP) is 3.79. The maximum atomic E-state index is 13.8. The molecule has 1 aromatic rings. The van der Waals surface area contributed by atoms with E-state index in [1.807, 2.05) is 24.3 Å². The lowest BCUT2D eigenvalue weighted by molar-refractivity contribution is -0.199. The molecule has 5 rings (SSSR count). The van der Waals surface area contributed by atoms with E-state index in [-0.39, 0.29) is 41.5 Å². The zero-order chi connectivity index (χ0) is 32.2. The Morgan fingerprint density at radius 1 is 1.11 bits per heavy atom. The van der Waals surface area contributed by atoms with E-state index in [0.29, 0.717) is 61.2 Å². The smallest absolute Gasteiger partial charge is 0.481 e. The molecule has 0 aromatic heterocycles. The first kappa shape index (κ1) is 34.1. The molecule has 0 unspecified atom stereocenters. The number of hydrogen-bond acceptors (Lipinski definition) is 6. The summed E-state index contributed by atoms with van der Waals surface area (Å²) in [5.41, 5.74) is 6.83. The summed E-state index contributed by atoms with van der Waals surface area (Å²) < 4.78 is 19.0. The first-order valence-electron chi connectivity index (χ1n) is 16.4. The van der Waals surface area contributed by atoms with Gasteiger partial charge >= 0.3 is 7.12 Å². The lowest BCUT2D eigenvalue weighted by Crippen LogP contribution is -2.65. The second kappa shape index (κ2) is 14.1. The Labute approximate surface area is 264 Å². The fraction of sp³-hybridized carbons (Fsp3) is 0.727. The van der Waals surface area contributed by atoms with Crippen molar-refractivity contribution in [3.63, 3.8) is 0 Å². The van der Waals surface area contributed by atoms with Crippen LogP contribution in [0.5, 0.6) is 5.75 Å². The largest absolute Gasteiger partial charge is 0.484 e. The number of ether oxygens (including phenoxy) is 1. The van der Waals surface area contributed by atoms with Gasteiger partial charge in [0.1, 0.15) is 11.8 Å². The van der Waals surface area contributed by atoms with E-state index in [2.05, 4.69) is 69.4 Å². The molecule has 11 heteroatoms. The number of carbonyl (C=O) groups excluding carboxylic acids is 2. The van der Waals surface area contributed by atoms with Crippen molar-refractivity contribution in [2.75, 3.05) is 20.2 Å². The van der Waals surface area contributed by atoms with E-state index in [4.69, 9.17) is 19.8 Å². The molecular weight excluding hydrogens is 557 g/mol. The number of guanidine groups is 1. The zero-order valence-electron chi connectivity index (χ0n) is 27.9. The normalized spacial score (nSPS) is 26.9. The van der Waals surface area contributed by atoms with E-state index in [1.165, 1.54) is 5.56 Å². The molecule has 3 aliphatic carbocycles. The molecule has 1 heterocycles. The highest BCUT2D eigenvalue weighted by atomic mass is 16.7. The summed E-state index contributed by atoms with van der Waals surface area (Å²) in [6.07, 6.45) is 3.86. The van der Waals surface area contributed by atoms with Crippen molar-refractivity contribution in [1.29, 1.82) is 0 Å². The zero-order valence-corrected chi connectivity index (χ0v) is 27.9. The van der Waals surface area contributed by atoms with Crippen LogP contribution in [0.4, 0.5) is 0 Å². The van der Waals surface area contributed by atoms with Crippen LogP contribution in [0.15, 0.2) is 29.3 Å². The summed E-state index contributed by atoms with van der Waals surface area (Å²) in [6.45, 7) is 15.7. The molecule has 6 atom stereocenters. The number of hydrogen-bond donors (Lipinski definition) is 4. The summed E-state index contributed by atoms with van der Waals surface area (Å²) in [5, 5.41) is 9.13. The minimum Gasteiger partial charge on any atom is -0.484 e. The number of benzene rings is 1. The second-order valence-electron chi connectivity index (χ2n) is 14.4. The maximum absolute atomic E-state index is 13.8. The molecule has 44 heavy (non-hydrogen) atoms. The van der Waals surface area contributed by atoms with Crippen molar-refractivity contribution in [1.82, 2.24) is 16.0 Å². The molecule has 10 nitrogen and oxygen atoms in total. The van der Waals surface area contributed by atoms with Gasteiger partial charge in [-0.15, -0.1) is 0 Å². The molecule has 5 N–H and O–H groups in total. The number of nitrogens with zero attached hydrogens (tertiary/aromatic N) is 1. The third-order valence-corrected chi connectivity index (χ3v) is 10.1. The van der Waals surface area contributed by atoms with E-state index in [1.54, 1.807) is 7.05 Å². The molecule has 3 saturated carbocycles. The monoisotopic (exact) mass is 611 g/mol. The van der Waals surface area contributed by atoms with Gasteiger partial charge in [-0.2, -0.15) is 0 Å². The quantitative estimate of drug-likeness (QED) is 0.109. The molecule has 4 fully saturated rings. The number of carbonyl (C=O) groups is 2. The van der Waals surface area contributed by atoms with Crippen molar-refractivity contribution in [2.45, 2.75) is 110 Å². The molecule has 1 saturated heterocycles. The molecule has 2 bridgehead atoms. The van der Waals surface area contributed by atoms with Gasteiger partial charge in [-0.25, -0.2) is 0 Å². The van der Waals surface area contributed by atoms with Crippen LogP contribution in [0.2, 0.25) is 0 Å². The van der Waals surface area contributed by atoms with Crippen molar-refractivity contribution in [3.8, 4) is 5.75 Å². The Kier molecular flexibility index (Phi) is 10.9. The summed E-state index contributed by atoms with van der Waals surface area (Å²) in [6, 6.07) is 6.94. The van der Waals surface area contributed by atoms with E-state index in [9.17, 15) is 9.59 Å². The number of nitrogens with one attached hydrogen (secondary N) is 3. The van der Waals surface area contributed by atoms with Gasteiger partial charge in [0.15, 0.2) is 12.6 Å². The minimum atomic E-state index is -0.767. The fourth-order valence-electron chi connectivity index (χ4n) is 7.30. The first-order chi connectivity index (χ1) is 20.7. The summed E-state index contributed by atoms with van der Waals surface area (Å²) in [5.74, 6) is 1.74. The van der Waals surface area contributed by atoms with Crippen LogP contribution in [0.3, 0.4) is 0 Å². The average molecular weight is 612 g/mol. The Balaban J connectivity index is 1.41. The SMILES string of the molecule is CN=C(N)NCCC[C@H](NC(=O)COc1ccc(C(C)C)cc1)C(=O)N[C@@H](CC(C)C)B1O[C@@H]2C[C@@H]3C[C@@H](C3(C)C)[C@]2(C)O1. The average Bonchev–Trinajstić information content (AvgIpc) is 3.34. The highest BCUT2D eigenvalue weighted by Crippen LogP contribution is 2.65. The van der Waals surface area contributed by atoms with Crippen LogP contribution >= 0.6 is 0 Å². The fourth-order valence-corrected chi connectivity index (χ4v) is 7.30. The highest BCUT2D eigenvalue weighted by molar-refractivity contribution is 6.48. The molecule has 1 aromatic carbocycles. The Bertz CT molecular complexity index is 1180. The van der Waals surface area contributed by atoms with Crippen LogP contribution in [0, 0.1) is 23.2 Å². The third kappa shape index (κ3) is 7.70. The number of amides is 2. The molecular formula is C33H54BN5O5. The van der Waals surface area contributed by atoms with Crippen molar-refractivity contribution >= 4 is 24.9 Å². The molecule has 244 valence electrons. The van der Waals surface area contributed by atoms with Crippen LogP contribution in [-0.4, -0.2) is 68.8 Å². The van der Waals surface area contributed by atoms with Crippen molar-refractivity contribution in [2.24, 2.45) is 33.9 Å². The van der Waals surface area contributed by atoms with E-state index in [0.717, 1.165) is 12.8 Å². The Hall–Kier alpha value is -2.79. The van der Waals surface area contributed by atoms with Crippen molar-refractivity contribution < 1.29 is 23.6 Å². The lowest BCUT2D eigenvalue weighted by atomic mass is 9.43. The molecule has 0 radical (unpaired) electrons. The molecule has 1 aliphatic heterocycles. The summed E-state index contributed by atoms with van der Waals surface area (Å²) in [4.78, 5) is 30.7. The number of aliphatic imine (C=N–C) groups is 1. The second-order valence-corrected chi connectivity index (χ2v) is 14.4. The standard InChI is InChI=1S/C33H54BN5O5/c1-20(2)16-28(34-43-27-18-23-17-26(32(23,5)6)33(27,7)44-34)39-30(41)25(10-9-15-37-31(35)36-8)38-29(40)19-42-24-13-11-22(12-14-24)21(3)4/h11-14,20-21,23,25-28H,9-10,15-19H2,1-8H3,(H,38,40)(H,39,41)(H3,35,36,37)/t23-,25-,26-,27+,28-,33-/m0/s1. The third-order valence-electron chi connectivity index (χ3n) is 10.1. The topological polar surface area (TPSA) is 136 Å². The van der Waals surface area contributed by atoms with Crippen LogP contribution in [0.1, 0.15) is 92.1 Å². The van der Waals surface area contributed by atoms with Gasteiger partial charge in [0, 0.05) is 13.6 Å². The number of nitrogens with two attached hydrogens (primary N) is 1. The first-order valence-corrected chi connectivity index (χ1v) is 16.4. The van der Waals surface area contributed by atoms with E-state index < -0.39 is 13.2 Å². The van der Waals surface area contributed by atoms with Gasteiger partial charge in [-0.05, 0) is 85.8 Å². The van der Waals surface area contributed by atoms with Gasteiger partial charge in [-0.3, -0.25) is 14.6 Å². The minimum absolute atomic E-state index is 0.0230. The predicted molar refractivity (Wildman–Crippen MR) is 174 cm³/mol. The summed E-state index contributed by atoms with van der Waals surface area (Å²) in [7, 11) is 1.07. The van der Waals surface area contributed by atoms with Gasteiger partial charge in [0.05, 0.1) is 17.6 Å². The molecule has 2 amide bonds. The van der Waals surface area contributed by atoms with Crippen molar-refractivity contribution in [3.05, 3.63) is 29.8 Å². The van der Waals surface area contributed by atoms with Crippen LogP contribution in [0.25, 0.3) is 0 Å². The van der Waals surface area contributed by atoms with Gasteiger partial charge in [-0.1, -0.05) is 53.7 Å². The van der Waals surface area contributed by atoms with Gasteiger partial charge in [0.25, 0.3) is 5.91 Å². The molecule has 4 aliphatic rings. The lowest BCUT2D eigenvalue weighted by Gasteiger charge is -2.64. The Morgan fingerprint density at radius 3 is 2.43 bits per heavy atom. The molecule has 0 spiro atoms. The number of rotatable bonds is 14. The van der Waals surface area contributed by atoms with Gasteiger partial charge < -0.3 is 35.7 Å².